The summed E-state index contributed by atoms with van der Waals surface area (Å²) in [7, 11) is 0. The summed E-state index contributed by atoms with van der Waals surface area (Å²) >= 11 is 5.45. The van der Waals surface area contributed by atoms with Gasteiger partial charge in [-0.05, 0) is 12.2 Å². The summed E-state index contributed by atoms with van der Waals surface area (Å²) in [5.41, 5.74) is 0. The molecule has 0 spiro atoms. The molecule has 0 aromatic carbocycles. The van der Waals surface area contributed by atoms with Gasteiger partial charge in [0, 0.05) is 0 Å². The Kier molecular flexibility index (Phi) is 6.84. The van der Waals surface area contributed by atoms with Crippen LogP contribution in [0.4, 0.5) is 30.7 Å². The van der Waals surface area contributed by atoms with Gasteiger partial charge in [0.25, 0.3) is 0 Å². The average molecular weight is 319 g/mol. The fraction of sp³-hybridized carbons (Fsp3) is 0.778. The van der Waals surface area contributed by atoms with Crippen LogP contribution in [0.3, 0.4) is 0 Å². The van der Waals surface area contributed by atoms with Crippen molar-refractivity contribution in [3.8, 4) is 0 Å². The third-order valence-corrected chi connectivity index (χ3v) is 3.29. The summed E-state index contributed by atoms with van der Waals surface area (Å²) in [5, 5.41) is 0. The molecule has 108 valence electrons. The molecule has 0 bridgehead atoms. The number of hydrogen-bond donors (Lipinski definition) is 0. The van der Waals surface area contributed by atoms with Gasteiger partial charge in [-0.3, -0.25) is 0 Å². The first-order chi connectivity index (χ1) is 8.09. The van der Waals surface area contributed by atoms with Gasteiger partial charge in [0.15, 0.2) is 0 Å². The van der Waals surface area contributed by atoms with Crippen LogP contribution in [0.5, 0.6) is 0 Å². The Morgan fingerprint density at radius 3 is 2.11 bits per heavy atom. The molecule has 0 saturated heterocycles. The Labute approximate surface area is 109 Å². The lowest BCUT2D eigenvalue weighted by Crippen LogP contribution is -2.47. The molecule has 18 heavy (non-hydrogen) atoms. The first-order valence-corrected chi connectivity index (χ1v) is 6.17. The van der Waals surface area contributed by atoms with Crippen molar-refractivity contribution in [2.24, 2.45) is 0 Å². The molecule has 0 aromatic rings. The van der Waals surface area contributed by atoms with E-state index in [1.807, 2.05) is 0 Å². The van der Waals surface area contributed by atoms with Crippen molar-refractivity contribution in [1.82, 2.24) is 0 Å². The van der Waals surface area contributed by atoms with Gasteiger partial charge < -0.3 is 0 Å². The molecule has 0 nitrogen and oxygen atoms in total. The van der Waals surface area contributed by atoms with Crippen LogP contribution < -0.4 is 0 Å². The van der Waals surface area contributed by atoms with Crippen molar-refractivity contribution >= 4 is 23.4 Å². The molecule has 9 heteroatoms. The molecular weight excluding hydrogens is 309 g/mol. The monoisotopic (exact) mass is 318 g/mol. The minimum atomic E-state index is -5.80. The molecule has 0 N–H and O–H groups in total. The highest BCUT2D eigenvalue weighted by Gasteiger charge is 2.66. The normalized spacial score (nSPS) is 15.0. The number of rotatable bonds is 7. The number of hydrogen-bond acceptors (Lipinski definition) is 1. The minimum absolute atomic E-state index is 0.124. The Morgan fingerprint density at radius 1 is 1.22 bits per heavy atom. The van der Waals surface area contributed by atoms with Crippen molar-refractivity contribution in [3.63, 3.8) is 0 Å². The molecule has 0 aromatic heterocycles. The lowest BCUT2D eigenvalue weighted by molar-refractivity contribution is -0.252. The van der Waals surface area contributed by atoms with E-state index in [0.29, 0.717) is 24.6 Å². The van der Waals surface area contributed by atoms with Gasteiger partial charge in [0.05, 0.1) is 0 Å². The van der Waals surface area contributed by atoms with E-state index in [1.165, 1.54) is 0 Å². The topological polar surface area (TPSA) is 0 Å². The molecule has 0 aliphatic heterocycles. The lowest BCUT2D eigenvalue weighted by Gasteiger charge is -2.24. The quantitative estimate of drug-likeness (QED) is 0.445. The average Bonchev–Trinajstić information content (AvgIpc) is 2.27. The zero-order valence-electron chi connectivity index (χ0n) is 9.13. The number of halogens is 8. The van der Waals surface area contributed by atoms with Crippen LogP contribution in [0.1, 0.15) is 19.8 Å². The summed E-state index contributed by atoms with van der Waals surface area (Å²) in [5.74, 6) is -14.0. The molecule has 0 aliphatic rings. The van der Waals surface area contributed by atoms with E-state index in [2.05, 4.69) is 0 Å². The zero-order chi connectivity index (χ0) is 14.6. The van der Waals surface area contributed by atoms with Crippen molar-refractivity contribution in [2.45, 2.75) is 38.0 Å². The van der Waals surface area contributed by atoms with Gasteiger partial charge >= 0.3 is 18.3 Å². The summed E-state index contributed by atoms with van der Waals surface area (Å²) < 4.78 is 86.0. The number of unbranched alkanes of at least 4 members (excludes halogenated alkanes) is 1. The predicted molar refractivity (Wildman–Crippen MR) is 57.3 cm³/mol. The molecule has 0 saturated carbocycles. The van der Waals surface area contributed by atoms with Crippen LogP contribution in [-0.4, -0.2) is 24.0 Å². The van der Waals surface area contributed by atoms with Crippen molar-refractivity contribution in [1.29, 1.82) is 0 Å². The van der Waals surface area contributed by atoms with Gasteiger partial charge in [0.2, 0.25) is 5.83 Å². The van der Waals surface area contributed by atoms with E-state index < -0.39 is 28.5 Å². The predicted octanol–water partition coefficient (Wildman–Crippen LogP) is 5.43. The van der Waals surface area contributed by atoms with Crippen molar-refractivity contribution in [2.75, 3.05) is 5.75 Å². The Morgan fingerprint density at radius 2 is 1.72 bits per heavy atom. The summed E-state index contributed by atoms with van der Waals surface area (Å²) in [6.45, 7) is 1.76. The maximum atomic E-state index is 13.0. The van der Waals surface area contributed by atoms with Gasteiger partial charge in [0.1, 0.15) is 4.36 Å². The maximum Gasteiger partial charge on any atom is 0.376 e. The van der Waals surface area contributed by atoms with E-state index >= 15 is 0 Å². The van der Waals surface area contributed by atoms with Gasteiger partial charge in [-0.2, -0.15) is 17.6 Å². The smallest absolute Gasteiger partial charge is 0.203 e. The van der Waals surface area contributed by atoms with E-state index in [-0.39, 0.29) is 5.75 Å². The highest BCUT2D eigenvalue weighted by Crippen LogP contribution is 2.47. The minimum Gasteiger partial charge on any atom is -0.203 e. The number of alkyl halides is 6. The zero-order valence-corrected chi connectivity index (χ0v) is 10.7. The van der Waals surface area contributed by atoms with Crippen LogP contribution >= 0.6 is 23.4 Å². The standard InChI is InChI=1S/C9H10ClF7S/c1-2-3-4-18-6(10)5(11)8(14,15)9(16,17)7(12)13/h7H,2-4H2,1H3/b6-5+. The Bertz CT molecular complexity index is 303. The molecule has 0 heterocycles. The van der Waals surface area contributed by atoms with Crippen molar-refractivity contribution in [3.05, 3.63) is 10.2 Å². The summed E-state index contributed by atoms with van der Waals surface area (Å²) in [6.07, 6.45) is -3.55. The molecule has 0 radical (unpaired) electrons. The third kappa shape index (κ3) is 3.94. The highest BCUT2D eigenvalue weighted by atomic mass is 35.5. The van der Waals surface area contributed by atoms with Crippen LogP contribution in [0.15, 0.2) is 10.2 Å². The first kappa shape index (κ1) is 17.9. The third-order valence-electron chi connectivity index (χ3n) is 1.87. The van der Waals surface area contributed by atoms with Gasteiger partial charge in [-0.1, -0.05) is 24.9 Å². The Balaban J connectivity index is 5.03. The summed E-state index contributed by atoms with van der Waals surface area (Å²) in [4.78, 5) is 0. The number of thioether (sulfide) groups is 1. The fourth-order valence-corrected chi connectivity index (χ4v) is 1.99. The largest absolute Gasteiger partial charge is 0.376 e. The molecule has 0 aliphatic carbocycles. The molecule has 0 amide bonds. The number of allylic oxidation sites excluding steroid dienone is 1. The molecule has 0 atom stereocenters. The van der Waals surface area contributed by atoms with Crippen LogP contribution in [-0.2, 0) is 0 Å². The van der Waals surface area contributed by atoms with Crippen molar-refractivity contribution < 1.29 is 30.7 Å². The van der Waals surface area contributed by atoms with E-state index in [9.17, 15) is 30.7 Å². The van der Waals surface area contributed by atoms with E-state index in [0.717, 1.165) is 0 Å². The second-order valence-corrected chi connectivity index (χ2v) is 5.00. The van der Waals surface area contributed by atoms with Gasteiger partial charge in [-0.15, -0.1) is 11.8 Å². The molecule has 0 unspecified atom stereocenters. The molecule has 0 rings (SSSR count). The highest BCUT2D eigenvalue weighted by molar-refractivity contribution is 8.04. The van der Waals surface area contributed by atoms with E-state index in [1.54, 1.807) is 6.92 Å². The summed E-state index contributed by atoms with van der Waals surface area (Å²) in [6, 6.07) is 0. The lowest BCUT2D eigenvalue weighted by atomic mass is 10.1. The maximum absolute atomic E-state index is 13.0. The van der Waals surface area contributed by atoms with Crippen LogP contribution in [0.2, 0.25) is 0 Å². The molecular formula is C9H10ClF7S. The second kappa shape index (κ2) is 6.88. The SMILES string of the molecule is CCCCS/C(Cl)=C(/F)C(F)(F)C(F)(F)C(F)F. The van der Waals surface area contributed by atoms with Crippen LogP contribution in [0.25, 0.3) is 0 Å². The van der Waals surface area contributed by atoms with Gasteiger partial charge in [-0.25, -0.2) is 13.2 Å². The first-order valence-electron chi connectivity index (χ1n) is 4.81. The second-order valence-electron chi connectivity index (χ2n) is 3.29. The van der Waals surface area contributed by atoms with Crippen LogP contribution in [0, 0.1) is 0 Å². The van der Waals surface area contributed by atoms with E-state index in [4.69, 9.17) is 11.6 Å². The Hall–Kier alpha value is -0.110. The fourth-order valence-electron chi connectivity index (χ4n) is 0.776. The molecule has 0 fully saturated rings.